The van der Waals surface area contributed by atoms with Crippen LogP contribution in [-0.2, 0) is 14.8 Å². The van der Waals surface area contributed by atoms with E-state index in [1.807, 2.05) is 18.2 Å². The third-order valence-electron chi connectivity index (χ3n) is 4.24. The highest BCUT2D eigenvalue weighted by molar-refractivity contribution is 7.89. The Morgan fingerprint density at radius 1 is 1.19 bits per heavy atom. The molecule has 0 bridgehead atoms. The molecular formula is C18H20ClN3O3S. The number of piperazine rings is 1. The molecule has 0 radical (unpaired) electrons. The Labute approximate surface area is 158 Å². The van der Waals surface area contributed by atoms with Crippen LogP contribution in [-0.4, -0.2) is 38.3 Å². The molecule has 26 heavy (non-hydrogen) atoms. The van der Waals surface area contributed by atoms with E-state index >= 15 is 0 Å². The van der Waals surface area contributed by atoms with Gasteiger partial charge >= 0.3 is 0 Å². The van der Waals surface area contributed by atoms with Crippen LogP contribution in [0.3, 0.4) is 0 Å². The van der Waals surface area contributed by atoms with Crippen LogP contribution in [0.25, 0.3) is 0 Å². The molecule has 1 heterocycles. The minimum atomic E-state index is -3.70. The Hall–Kier alpha value is -1.93. The number of sulfonamides is 1. The lowest BCUT2D eigenvalue weighted by molar-refractivity contribution is -0.114. The Balaban J connectivity index is 1.93. The highest BCUT2D eigenvalue weighted by Gasteiger charge is 2.35. The number of nitrogens with zero attached hydrogens (tertiary/aromatic N) is 1. The van der Waals surface area contributed by atoms with E-state index in [4.69, 9.17) is 11.6 Å². The second kappa shape index (κ2) is 7.75. The first-order valence-corrected chi connectivity index (χ1v) is 10.1. The average molecular weight is 394 g/mol. The van der Waals surface area contributed by atoms with Gasteiger partial charge in [0.2, 0.25) is 15.9 Å². The van der Waals surface area contributed by atoms with Gasteiger partial charge in [-0.3, -0.25) is 4.79 Å². The van der Waals surface area contributed by atoms with Crippen molar-refractivity contribution < 1.29 is 13.2 Å². The van der Waals surface area contributed by atoms with Crippen LogP contribution in [0.5, 0.6) is 0 Å². The van der Waals surface area contributed by atoms with Gasteiger partial charge in [-0.1, -0.05) is 29.8 Å². The summed E-state index contributed by atoms with van der Waals surface area (Å²) >= 11 is 6.30. The standard InChI is InChI=1S/C18H20ClN3O3S/c1-13(23)21-14-6-8-15(9-7-14)26(24,25)22-11-10-20-12-18(22)16-4-2-3-5-17(16)19/h2-9,18,20H,10-12H2,1H3,(H,21,23). The van der Waals surface area contributed by atoms with E-state index in [1.165, 1.54) is 23.4 Å². The largest absolute Gasteiger partial charge is 0.326 e. The predicted molar refractivity (Wildman–Crippen MR) is 102 cm³/mol. The molecule has 1 amide bonds. The van der Waals surface area contributed by atoms with Gasteiger partial charge in [0.25, 0.3) is 0 Å². The van der Waals surface area contributed by atoms with Crippen molar-refractivity contribution in [1.82, 2.24) is 9.62 Å². The maximum Gasteiger partial charge on any atom is 0.243 e. The second-order valence-corrected chi connectivity index (χ2v) is 8.36. The zero-order valence-corrected chi connectivity index (χ0v) is 15.8. The molecule has 2 N–H and O–H groups in total. The van der Waals surface area contributed by atoms with Crippen LogP contribution in [0.15, 0.2) is 53.4 Å². The van der Waals surface area contributed by atoms with E-state index in [1.54, 1.807) is 18.2 Å². The van der Waals surface area contributed by atoms with Crippen LogP contribution in [0.1, 0.15) is 18.5 Å². The fourth-order valence-corrected chi connectivity index (χ4v) is 4.90. The highest BCUT2D eigenvalue weighted by atomic mass is 35.5. The van der Waals surface area contributed by atoms with E-state index in [0.29, 0.717) is 30.3 Å². The van der Waals surface area contributed by atoms with Crippen LogP contribution in [0.4, 0.5) is 5.69 Å². The summed E-state index contributed by atoms with van der Waals surface area (Å²) < 4.78 is 27.9. The molecule has 0 aliphatic carbocycles. The summed E-state index contributed by atoms with van der Waals surface area (Å²) in [5, 5.41) is 6.41. The molecule has 8 heteroatoms. The molecule has 3 rings (SSSR count). The molecule has 1 atom stereocenters. The molecule has 2 aromatic carbocycles. The van der Waals surface area contributed by atoms with E-state index in [2.05, 4.69) is 10.6 Å². The fraction of sp³-hybridized carbons (Fsp3) is 0.278. The third kappa shape index (κ3) is 3.91. The molecule has 0 spiro atoms. The number of anilines is 1. The summed E-state index contributed by atoms with van der Waals surface area (Å²) in [5.74, 6) is -0.207. The summed E-state index contributed by atoms with van der Waals surface area (Å²) in [6.45, 7) is 2.82. The van der Waals surface area contributed by atoms with E-state index in [-0.39, 0.29) is 16.8 Å². The van der Waals surface area contributed by atoms with Crippen molar-refractivity contribution >= 4 is 33.2 Å². The topological polar surface area (TPSA) is 78.5 Å². The molecule has 1 unspecified atom stereocenters. The molecule has 6 nitrogen and oxygen atoms in total. The van der Waals surface area contributed by atoms with Gasteiger partial charge in [0.1, 0.15) is 0 Å². The maximum absolute atomic E-state index is 13.2. The lowest BCUT2D eigenvalue weighted by Gasteiger charge is -2.35. The Bertz CT molecular complexity index is 900. The number of nitrogens with one attached hydrogen (secondary N) is 2. The van der Waals surface area contributed by atoms with E-state index in [0.717, 1.165) is 5.56 Å². The van der Waals surface area contributed by atoms with Gasteiger partial charge < -0.3 is 10.6 Å². The molecular weight excluding hydrogens is 374 g/mol. The molecule has 138 valence electrons. The van der Waals surface area contributed by atoms with Gasteiger partial charge in [-0.2, -0.15) is 4.31 Å². The number of benzene rings is 2. The number of carbonyl (C=O) groups excluding carboxylic acids is 1. The Morgan fingerprint density at radius 3 is 2.54 bits per heavy atom. The molecule has 1 aliphatic heterocycles. The Kier molecular flexibility index (Phi) is 5.62. The highest BCUT2D eigenvalue weighted by Crippen LogP contribution is 2.32. The van der Waals surface area contributed by atoms with E-state index < -0.39 is 10.0 Å². The van der Waals surface area contributed by atoms with Gasteiger partial charge in [-0.05, 0) is 35.9 Å². The van der Waals surface area contributed by atoms with Crippen molar-refractivity contribution in [1.29, 1.82) is 0 Å². The number of hydrogen-bond acceptors (Lipinski definition) is 4. The Morgan fingerprint density at radius 2 is 1.88 bits per heavy atom. The number of halogens is 1. The van der Waals surface area contributed by atoms with Crippen molar-refractivity contribution in [2.45, 2.75) is 17.9 Å². The van der Waals surface area contributed by atoms with Crippen LogP contribution < -0.4 is 10.6 Å². The summed E-state index contributed by atoms with van der Waals surface area (Å²) in [6.07, 6.45) is 0. The van der Waals surface area contributed by atoms with Gasteiger partial charge in [-0.25, -0.2) is 8.42 Å². The zero-order valence-electron chi connectivity index (χ0n) is 14.3. The van der Waals surface area contributed by atoms with Gasteiger partial charge in [0.05, 0.1) is 10.9 Å². The first-order valence-electron chi connectivity index (χ1n) is 8.24. The van der Waals surface area contributed by atoms with Gasteiger partial charge in [-0.15, -0.1) is 0 Å². The number of hydrogen-bond donors (Lipinski definition) is 2. The van der Waals surface area contributed by atoms with Crippen molar-refractivity contribution in [2.75, 3.05) is 25.0 Å². The average Bonchev–Trinajstić information content (AvgIpc) is 2.62. The molecule has 1 aliphatic rings. The summed E-state index contributed by atoms with van der Waals surface area (Å²) in [7, 11) is -3.70. The first-order chi connectivity index (χ1) is 12.4. The predicted octanol–water partition coefficient (Wildman–Crippen LogP) is 2.63. The molecule has 0 saturated carbocycles. The number of amides is 1. The monoisotopic (exact) mass is 393 g/mol. The van der Waals surface area contributed by atoms with Crippen molar-refractivity contribution in [3.8, 4) is 0 Å². The van der Waals surface area contributed by atoms with Crippen LogP contribution >= 0.6 is 11.6 Å². The van der Waals surface area contributed by atoms with Crippen molar-refractivity contribution in [3.05, 3.63) is 59.1 Å². The van der Waals surface area contributed by atoms with Gasteiger partial charge in [0.15, 0.2) is 0 Å². The second-order valence-electron chi connectivity index (χ2n) is 6.06. The lowest BCUT2D eigenvalue weighted by Crippen LogP contribution is -2.48. The fourth-order valence-electron chi connectivity index (χ4n) is 3.03. The molecule has 1 fully saturated rings. The minimum Gasteiger partial charge on any atom is -0.326 e. The lowest BCUT2D eigenvalue weighted by atomic mass is 10.1. The van der Waals surface area contributed by atoms with Crippen molar-refractivity contribution in [3.63, 3.8) is 0 Å². The van der Waals surface area contributed by atoms with Crippen LogP contribution in [0.2, 0.25) is 5.02 Å². The number of rotatable bonds is 4. The smallest absolute Gasteiger partial charge is 0.243 e. The zero-order chi connectivity index (χ0) is 18.7. The quantitative estimate of drug-likeness (QED) is 0.837. The summed E-state index contributed by atoms with van der Waals surface area (Å²) in [4.78, 5) is 11.3. The SMILES string of the molecule is CC(=O)Nc1ccc(S(=O)(=O)N2CCNCC2c2ccccc2Cl)cc1. The van der Waals surface area contributed by atoms with Crippen molar-refractivity contribution in [2.24, 2.45) is 0 Å². The van der Waals surface area contributed by atoms with Crippen LogP contribution in [0, 0.1) is 0 Å². The third-order valence-corrected chi connectivity index (χ3v) is 6.51. The maximum atomic E-state index is 13.2. The minimum absolute atomic E-state index is 0.186. The summed E-state index contributed by atoms with van der Waals surface area (Å²) in [5.41, 5.74) is 1.33. The molecule has 0 aromatic heterocycles. The molecule has 1 saturated heterocycles. The normalized spacial score (nSPS) is 18.5. The van der Waals surface area contributed by atoms with E-state index in [9.17, 15) is 13.2 Å². The summed E-state index contributed by atoms with van der Waals surface area (Å²) in [6, 6.07) is 13.1. The van der Waals surface area contributed by atoms with Gasteiger partial charge in [0, 0.05) is 37.3 Å². The number of carbonyl (C=O) groups is 1. The first kappa shape index (κ1) is 18.8. The molecule has 2 aromatic rings.